The third-order valence-corrected chi connectivity index (χ3v) is 4.02. The van der Waals surface area contributed by atoms with Crippen LogP contribution in [0, 0.1) is 0 Å². The fraction of sp³-hybridized carbons (Fsp3) is 0.750. The molecule has 0 unspecified atom stereocenters. The zero-order valence-corrected chi connectivity index (χ0v) is 11.1. The summed E-state index contributed by atoms with van der Waals surface area (Å²) in [6.45, 7) is 0. The molecule has 0 aromatic carbocycles. The Morgan fingerprint density at radius 2 is 1.94 bits per heavy atom. The van der Waals surface area contributed by atoms with Crippen molar-refractivity contribution in [3.63, 3.8) is 0 Å². The first-order valence-electron chi connectivity index (χ1n) is 6.44. The summed E-state index contributed by atoms with van der Waals surface area (Å²) in [4.78, 5) is 14.8. The minimum absolute atomic E-state index is 0.0354. The molecule has 0 amide bonds. The van der Waals surface area contributed by atoms with E-state index < -0.39 is 5.97 Å². The van der Waals surface area contributed by atoms with Gasteiger partial charge in [-0.2, -0.15) is 4.98 Å². The van der Waals surface area contributed by atoms with Gasteiger partial charge in [0, 0.05) is 5.92 Å². The second kappa shape index (κ2) is 6.78. The second-order valence-electron chi connectivity index (χ2n) is 4.64. The second-order valence-corrected chi connectivity index (χ2v) is 5.57. The van der Waals surface area contributed by atoms with Gasteiger partial charge >= 0.3 is 5.97 Å². The van der Waals surface area contributed by atoms with Crippen LogP contribution in [0.1, 0.15) is 56.7 Å². The number of aliphatic carboxylic acids is 1. The molecule has 1 N–H and O–H groups in total. The highest BCUT2D eigenvalue weighted by atomic mass is 32.2. The Labute approximate surface area is 110 Å². The molecule has 6 heteroatoms. The van der Waals surface area contributed by atoms with Gasteiger partial charge < -0.3 is 9.63 Å². The molecule has 0 bridgehead atoms. The summed E-state index contributed by atoms with van der Waals surface area (Å²) in [5, 5.41) is 12.9. The third-order valence-electron chi connectivity index (χ3n) is 3.21. The van der Waals surface area contributed by atoms with E-state index in [0.29, 0.717) is 11.1 Å². The van der Waals surface area contributed by atoms with E-state index in [-0.39, 0.29) is 5.75 Å². The van der Waals surface area contributed by atoms with Crippen molar-refractivity contribution in [3.05, 3.63) is 5.82 Å². The lowest BCUT2D eigenvalue weighted by Gasteiger charge is -2.15. The number of aromatic nitrogens is 2. The van der Waals surface area contributed by atoms with Crippen LogP contribution in [0.15, 0.2) is 9.75 Å². The molecule has 100 valence electrons. The van der Waals surface area contributed by atoms with Gasteiger partial charge in [-0.1, -0.05) is 49.0 Å². The monoisotopic (exact) mass is 270 g/mol. The summed E-state index contributed by atoms with van der Waals surface area (Å²) in [6, 6.07) is 0. The molecule has 0 radical (unpaired) electrons. The zero-order valence-electron chi connectivity index (χ0n) is 10.3. The van der Waals surface area contributed by atoms with Crippen LogP contribution in [-0.4, -0.2) is 27.0 Å². The maximum atomic E-state index is 10.5. The maximum Gasteiger partial charge on any atom is 0.314 e. The molecule has 0 aliphatic heterocycles. The summed E-state index contributed by atoms with van der Waals surface area (Å²) in [7, 11) is 0. The van der Waals surface area contributed by atoms with Crippen LogP contribution in [-0.2, 0) is 4.79 Å². The van der Waals surface area contributed by atoms with Crippen molar-refractivity contribution < 1.29 is 14.4 Å². The number of carboxylic acid groups (broad SMARTS) is 1. The number of rotatable bonds is 4. The number of hydrogen-bond acceptors (Lipinski definition) is 5. The molecular weight excluding hydrogens is 252 g/mol. The van der Waals surface area contributed by atoms with Gasteiger partial charge in [0.15, 0.2) is 5.82 Å². The van der Waals surface area contributed by atoms with Crippen LogP contribution < -0.4 is 0 Å². The first-order chi connectivity index (χ1) is 8.75. The van der Waals surface area contributed by atoms with Crippen molar-refractivity contribution in [1.82, 2.24) is 10.1 Å². The first-order valence-corrected chi connectivity index (χ1v) is 7.42. The van der Waals surface area contributed by atoms with Crippen LogP contribution >= 0.6 is 11.8 Å². The van der Waals surface area contributed by atoms with Crippen molar-refractivity contribution in [3.8, 4) is 0 Å². The molecule has 18 heavy (non-hydrogen) atoms. The van der Waals surface area contributed by atoms with Crippen molar-refractivity contribution in [2.45, 2.75) is 56.1 Å². The van der Waals surface area contributed by atoms with Gasteiger partial charge in [-0.3, -0.25) is 4.79 Å². The summed E-state index contributed by atoms with van der Waals surface area (Å²) in [5.74, 6) is 0.232. The van der Waals surface area contributed by atoms with Crippen molar-refractivity contribution >= 4 is 17.7 Å². The van der Waals surface area contributed by atoms with E-state index in [0.717, 1.165) is 30.4 Å². The largest absolute Gasteiger partial charge is 0.481 e. The van der Waals surface area contributed by atoms with Gasteiger partial charge in [0.05, 0.1) is 0 Å². The molecule has 0 atom stereocenters. The van der Waals surface area contributed by atoms with E-state index in [2.05, 4.69) is 10.1 Å². The predicted molar refractivity (Wildman–Crippen MR) is 67.7 cm³/mol. The molecule has 2 rings (SSSR count). The number of hydrogen-bond donors (Lipinski definition) is 1. The third kappa shape index (κ3) is 4.01. The lowest BCUT2D eigenvalue weighted by atomic mass is 9.91. The van der Waals surface area contributed by atoms with Crippen LogP contribution in [0.3, 0.4) is 0 Å². The molecule has 5 nitrogen and oxygen atoms in total. The molecule has 1 heterocycles. The standard InChI is InChI=1S/C12H18N2O3S/c15-10(16)8-18-12-13-11(14-17-12)9-6-4-2-1-3-5-7-9/h9H,1-8H2,(H,15,16). The minimum atomic E-state index is -0.870. The first kappa shape index (κ1) is 13.4. The van der Waals surface area contributed by atoms with E-state index in [9.17, 15) is 4.79 Å². The van der Waals surface area contributed by atoms with E-state index >= 15 is 0 Å². The SMILES string of the molecule is O=C(O)CSc1nc(C2CCCCCCC2)no1. The highest BCUT2D eigenvalue weighted by molar-refractivity contribution is 7.99. The zero-order chi connectivity index (χ0) is 12.8. The molecule has 1 fully saturated rings. The highest BCUT2D eigenvalue weighted by Crippen LogP contribution is 2.30. The smallest absolute Gasteiger partial charge is 0.314 e. The van der Waals surface area contributed by atoms with Gasteiger partial charge in [0.2, 0.25) is 0 Å². The Bertz CT molecular complexity index is 386. The van der Waals surface area contributed by atoms with E-state index in [4.69, 9.17) is 9.63 Å². The van der Waals surface area contributed by atoms with Crippen LogP contribution in [0.4, 0.5) is 0 Å². The minimum Gasteiger partial charge on any atom is -0.481 e. The normalized spacial score (nSPS) is 18.2. The number of thioether (sulfide) groups is 1. The summed E-state index contributed by atoms with van der Waals surface area (Å²) in [6.07, 6.45) is 8.57. The van der Waals surface area contributed by atoms with Crippen molar-refractivity contribution in [1.29, 1.82) is 0 Å². The average molecular weight is 270 g/mol. The Hall–Kier alpha value is -1.04. The lowest BCUT2D eigenvalue weighted by molar-refractivity contribution is -0.133. The molecule has 1 aromatic heterocycles. The Kier molecular flexibility index (Phi) is 5.04. The van der Waals surface area contributed by atoms with Crippen LogP contribution in [0.25, 0.3) is 0 Å². The van der Waals surface area contributed by atoms with E-state index in [1.165, 1.54) is 32.1 Å². The van der Waals surface area contributed by atoms with E-state index in [1.807, 2.05) is 0 Å². The van der Waals surface area contributed by atoms with Crippen LogP contribution in [0.5, 0.6) is 0 Å². The number of nitrogens with zero attached hydrogens (tertiary/aromatic N) is 2. The summed E-state index contributed by atoms with van der Waals surface area (Å²) in [5.41, 5.74) is 0. The fourth-order valence-electron chi connectivity index (χ4n) is 2.28. The molecule has 0 saturated heterocycles. The van der Waals surface area contributed by atoms with Crippen molar-refractivity contribution in [2.24, 2.45) is 0 Å². The Balaban J connectivity index is 1.92. The van der Waals surface area contributed by atoms with Gasteiger partial charge in [-0.05, 0) is 12.8 Å². The van der Waals surface area contributed by atoms with Gasteiger partial charge in [-0.15, -0.1) is 0 Å². The predicted octanol–water partition coefficient (Wildman–Crippen LogP) is 3.07. The molecule has 1 aliphatic rings. The van der Waals surface area contributed by atoms with Gasteiger partial charge in [0.25, 0.3) is 5.22 Å². The topological polar surface area (TPSA) is 76.2 Å². The molecule has 1 aliphatic carbocycles. The van der Waals surface area contributed by atoms with Gasteiger partial charge in [0.1, 0.15) is 5.75 Å². The average Bonchev–Trinajstić information content (AvgIpc) is 2.74. The quantitative estimate of drug-likeness (QED) is 0.847. The van der Waals surface area contributed by atoms with E-state index in [1.54, 1.807) is 0 Å². The molecular formula is C12H18N2O3S. The summed E-state index contributed by atoms with van der Waals surface area (Å²) < 4.78 is 5.08. The Morgan fingerprint density at radius 3 is 2.61 bits per heavy atom. The van der Waals surface area contributed by atoms with Crippen LogP contribution in [0.2, 0.25) is 0 Å². The highest BCUT2D eigenvalue weighted by Gasteiger charge is 2.19. The molecule has 0 spiro atoms. The van der Waals surface area contributed by atoms with Gasteiger partial charge in [-0.25, -0.2) is 0 Å². The maximum absolute atomic E-state index is 10.5. The van der Waals surface area contributed by atoms with Crippen molar-refractivity contribution in [2.75, 3.05) is 5.75 Å². The lowest BCUT2D eigenvalue weighted by Crippen LogP contribution is -2.04. The molecule has 1 aromatic rings. The fourth-order valence-corrected chi connectivity index (χ4v) is 2.78. The Morgan fingerprint density at radius 1 is 1.28 bits per heavy atom. The molecule has 1 saturated carbocycles. The number of carboxylic acids is 1. The number of carbonyl (C=O) groups is 1. The summed E-state index contributed by atoms with van der Waals surface area (Å²) >= 11 is 1.08.